The molecule has 1 fully saturated rings. The molecule has 2 aliphatic rings. The van der Waals surface area contributed by atoms with Crippen molar-refractivity contribution in [2.24, 2.45) is 0 Å². The quantitative estimate of drug-likeness (QED) is 0.597. The molecule has 1 atom stereocenters. The zero-order valence-corrected chi connectivity index (χ0v) is 17.9. The van der Waals surface area contributed by atoms with Crippen LogP contribution in [0.1, 0.15) is 17.7 Å². The van der Waals surface area contributed by atoms with E-state index in [1.54, 1.807) is 43.3 Å². The maximum absolute atomic E-state index is 13.3. The van der Waals surface area contributed by atoms with Crippen molar-refractivity contribution in [2.75, 3.05) is 18.2 Å². The fourth-order valence-electron chi connectivity index (χ4n) is 4.34. The van der Waals surface area contributed by atoms with Crippen LogP contribution in [0.15, 0.2) is 45.6 Å². The van der Waals surface area contributed by atoms with Gasteiger partial charge in [-0.25, -0.2) is 8.42 Å². The highest BCUT2D eigenvalue weighted by Gasteiger charge is 2.35. The van der Waals surface area contributed by atoms with Gasteiger partial charge in [-0.3, -0.25) is 9.69 Å². The Hall–Kier alpha value is -2.35. The molecule has 2 aliphatic heterocycles. The predicted molar refractivity (Wildman–Crippen MR) is 116 cm³/mol. The minimum atomic E-state index is -3.00. The SMILES string of the molecule is Cc1oc2c3c(ccc2c(=O)c1-c1ccc(Cl)cc1)OCN([C@H]1CCS(=O)(=O)C1)C3. The molecule has 1 aromatic heterocycles. The lowest BCUT2D eigenvalue weighted by Crippen LogP contribution is -2.41. The van der Waals surface area contributed by atoms with Gasteiger partial charge in [-0.05, 0) is 43.2 Å². The number of halogens is 1. The number of ether oxygens (including phenoxy) is 1. The molecule has 0 saturated carbocycles. The van der Waals surface area contributed by atoms with Crippen LogP contribution in [0.2, 0.25) is 5.02 Å². The van der Waals surface area contributed by atoms with Crippen LogP contribution in [0.3, 0.4) is 0 Å². The van der Waals surface area contributed by atoms with Gasteiger partial charge in [0.2, 0.25) is 5.43 Å². The van der Waals surface area contributed by atoms with E-state index in [1.807, 2.05) is 4.90 Å². The first-order valence-corrected chi connectivity index (χ1v) is 11.9. The van der Waals surface area contributed by atoms with Gasteiger partial charge in [-0.2, -0.15) is 0 Å². The van der Waals surface area contributed by atoms with E-state index in [2.05, 4.69) is 0 Å². The highest BCUT2D eigenvalue weighted by molar-refractivity contribution is 7.91. The molecule has 0 unspecified atom stereocenters. The lowest BCUT2D eigenvalue weighted by atomic mass is 10.0. The zero-order valence-electron chi connectivity index (χ0n) is 16.4. The standard InChI is InChI=1S/C22H20ClNO5S/c1-13-20(14-2-4-15(23)5-3-14)21(25)17-6-7-19-18(22(17)29-13)10-24(12-28-19)16-8-9-30(26,27)11-16/h2-7,16H,8-12H2,1H3/t16-/m0/s1. The normalized spacial score (nSPS) is 20.8. The van der Waals surface area contributed by atoms with Crippen LogP contribution >= 0.6 is 11.6 Å². The number of fused-ring (bicyclic) bond motifs is 3. The summed E-state index contributed by atoms with van der Waals surface area (Å²) in [5.41, 5.74) is 2.43. The summed E-state index contributed by atoms with van der Waals surface area (Å²) in [4.78, 5) is 15.3. The van der Waals surface area contributed by atoms with Crippen molar-refractivity contribution in [3.63, 3.8) is 0 Å². The summed E-state index contributed by atoms with van der Waals surface area (Å²) in [5, 5.41) is 1.08. The Balaban J connectivity index is 1.60. The third-order valence-corrected chi connectivity index (χ3v) is 7.90. The molecular weight excluding hydrogens is 426 g/mol. The summed E-state index contributed by atoms with van der Waals surface area (Å²) < 4.78 is 35.8. The molecule has 1 saturated heterocycles. The van der Waals surface area contributed by atoms with Gasteiger partial charge in [-0.15, -0.1) is 0 Å². The molecule has 0 spiro atoms. The molecule has 0 N–H and O–H groups in total. The van der Waals surface area contributed by atoms with E-state index in [4.69, 9.17) is 20.8 Å². The van der Waals surface area contributed by atoms with Gasteiger partial charge in [0.1, 0.15) is 23.8 Å². The van der Waals surface area contributed by atoms with Crippen molar-refractivity contribution in [3.05, 3.63) is 63.0 Å². The molecule has 0 radical (unpaired) electrons. The van der Waals surface area contributed by atoms with Crippen molar-refractivity contribution in [1.29, 1.82) is 0 Å². The van der Waals surface area contributed by atoms with E-state index in [-0.39, 0.29) is 23.0 Å². The second-order valence-electron chi connectivity index (χ2n) is 7.87. The molecule has 30 heavy (non-hydrogen) atoms. The number of sulfone groups is 1. The molecule has 156 valence electrons. The summed E-state index contributed by atoms with van der Waals surface area (Å²) in [6, 6.07) is 10.5. The van der Waals surface area contributed by atoms with Gasteiger partial charge in [0.15, 0.2) is 9.84 Å². The van der Waals surface area contributed by atoms with Crippen molar-refractivity contribution < 1.29 is 17.6 Å². The molecule has 0 aliphatic carbocycles. The van der Waals surface area contributed by atoms with Gasteiger partial charge in [-0.1, -0.05) is 23.7 Å². The van der Waals surface area contributed by atoms with Crippen molar-refractivity contribution >= 4 is 32.4 Å². The summed E-state index contributed by atoms with van der Waals surface area (Å²) in [7, 11) is -3.00. The minimum Gasteiger partial charge on any atom is -0.478 e. The molecule has 6 nitrogen and oxygen atoms in total. The second-order valence-corrected chi connectivity index (χ2v) is 10.5. The first-order chi connectivity index (χ1) is 14.3. The molecule has 0 amide bonds. The third-order valence-electron chi connectivity index (χ3n) is 5.90. The number of aryl methyl sites for hydroxylation is 1. The van der Waals surface area contributed by atoms with Crippen LogP contribution in [0, 0.1) is 6.92 Å². The van der Waals surface area contributed by atoms with Crippen LogP contribution < -0.4 is 10.2 Å². The number of benzene rings is 2. The number of hydrogen-bond donors (Lipinski definition) is 0. The van der Waals surface area contributed by atoms with E-state index in [0.29, 0.717) is 52.8 Å². The Morgan fingerprint density at radius 1 is 1.13 bits per heavy atom. The smallest absolute Gasteiger partial charge is 0.200 e. The van der Waals surface area contributed by atoms with E-state index in [9.17, 15) is 13.2 Å². The summed E-state index contributed by atoms with van der Waals surface area (Å²) in [6.45, 7) is 2.58. The fourth-order valence-corrected chi connectivity index (χ4v) is 6.23. The minimum absolute atomic E-state index is 0.0837. The lowest BCUT2D eigenvalue weighted by molar-refractivity contribution is 0.0649. The Labute approximate surface area is 178 Å². The van der Waals surface area contributed by atoms with Crippen LogP contribution in [-0.2, 0) is 16.4 Å². The van der Waals surface area contributed by atoms with Gasteiger partial charge in [0.05, 0.1) is 28.0 Å². The maximum atomic E-state index is 13.3. The molecular formula is C22H20ClNO5S. The highest BCUT2D eigenvalue weighted by atomic mass is 35.5. The highest BCUT2D eigenvalue weighted by Crippen LogP contribution is 2.35. The number of hydrogen-bond acceptors (Lipinski definition) is 6. The van der Waals surface area contributed by atoms with Crippen LogP contribution in [0.25, 0.3) is 22.1 Å². The van der Waals surface area contributed by atoms with Crippen LogP contribution in [0.4, 0.5) is 0 Å². The summed E-state index contributed by atoms with van der Waals surface area (Å²) in [5.74, 6) is 1.53. The Kier molecular flexibility index (Phi) is 4.65. The number of nitrogens with zero attached hydrogens (tertiary/aromatic N) is 1. The zero-order chi connectivity index (χ0) is 21.0. The molecule has 0 bridgehead atoms. The molecule has 2 aromatic carbocycles. The van der Waals surface area contributed by atoms with Crippen LogP contribution in [-0.4, -0.2) is 37.6 Å². The largest absolute Gasteiger partial charge is 0.478 e. The van der Waals surface area contributed by atoms with Crippen molar-refractivity contribution in [2.45, 2.75) is 25.9 Å². The topological polar surface area (TPSA) is 76.8 Å². The average Bonchev–Trinajstić information content (AvgIpc) is 3.08. The van der Waals surface area contributed by atoms with Crippen molar-refractivity contribution in [3.8, 4) is 16.9 Å². The summed E-state index contributed by atoms with van der Waals surface area (Å²) in [6.07, 6.45) is 0.593. The first kappa shape index (κ1) is 19.6. The monoisotopic (exact) mass is 445 g/mol. The molecule has 5 rings (SSSR count). The van der Waals surface area contributed by atoms with E-state index < -0.39 is 9.84 Å². The van der Waals surface area contributed by atoms with E-state index in [1.165, 1.54) is 0 Å². The second kappa shape index (κ2) is 7.11. The average molecular weight is 446 g/mol. The van der Waals surface area contributed by atoms with Gasteiger partial charge in [0, 0.05) is 17.6 Å². The maximum Gasteiger partial charge on any atom is 0.200 e. The fraction of sp³-hybridized carbons (Fsp3) is 0.318. The summed E-state index contributed by atoms with van der Waals surface area (Å²) >= 11 is 5.98. The van der Waals surface area contributed by atoms with Crippen molar-refractivity contribution in [1.82, 2.24) is 4.90 Å². The predicted octanol–water partition coefficient (Wildman–Crippen LogP) is 3.76. The van der Waals surface area contributed by atoms with E-state index >= 15 is 0 Å². The molecule has 8 heteroatoms. The molecule has 3 aromatic rings. The molecule has 3 heterocycles. The first-order valence-electron chi connectivity index (χ1n) is 9.75. The lowest BCUT2D eigenvalue weighted by Gasteiger charge is -2.33. The Morgan fingerprint density at radius 2 is 1.90 bits per heavy atom. The Morgan fingerprint density at radius 3 is 2.60 bits per heavy atom. The Bertz CT molecular complexity index is 1310. The van der Waals surface area contributed by atoms with Crippen LogP contribution in [0.5, 0.6) is 5.75 Å². The van der Waals surface area contributed by atoms with Gasteiger partial charge in [0.25, 0.3) is 0 Å². The number of rotatable bonds is 2. The third kappa shape index (κ3) is 3.31. The van der Waals surface area contributed by atoms with E-state index in [0.717, 1.165) is 11.1 Å². The van der Waals surface area contributed by atoms with Gasteiger partial charge < -0.3 is 9.15 Å². The van der Waals surface area contributed by atoms with Gasteiger partial charge >= 0.3 is 0 Å².